The summed E-state index contributed by atoms with van der Waals surface area (Å²) in [5.41, 5.74) is 4.74. The molecule has 0 radical (unpaired) electrons. The molecule has 1 aromatic heterocycles. The molecular formula is C25H30ClF2N7O2. The molecule has 0 unspecified atom stereocenters. The van der Waals surface area contributed by atoms with Crippen molar-refractivity contribution in [3.05, 3.63) is 52.4 Å². The van der Waals surface area contributed by atoms with Crippen LogP contribution in [0.25, 0.3) is 0 Å². The summed E-state index contributed by atoms with van der Waals surface area (Å²) in [5.74, 6) is 0.163. The highest BCUT2D eigenvalue weighted by Gasteiger charge is 2.28. The number of nitrogens with zero attached hydrogens (tertiary/aromatic N) is 6. The average molecular weight is 534 g/mol. The van der Waals surface area contributed by atoms with Crippen molar-refractivity contribution in [3.63, 3.8) is 0 Å². The highest BCUT2D eigenvalue weighted by Crippen LogP contribution is 2.30. The molecule has 2 aromatic rings. The van der Waals surface area contributed by atoms with Gasteiger partial charge in [0.25, 0.3) is 12.3 Å². The highest BCUT2D eigenvalue weighted by atomic mass is 35.5. The van der Waals surface area contributed by atoms with Crippen molar-refractivity contribution in [2.24, 2.45) is 0 Å². The predicted octanol–water partition coefficient (Wildman–Crippen LogP) is 3.29. The molecule has 2 heterocycles. The molecule has 1 saturated heterocycles. The number of nitriles is 1. The van der Waals surface area contributed by atoms with Crippen LogP contribution < -0.4 is 10.4 Å². The summed E-state index contributed by atoms with van der Waals surface area (Å²) < 4.78 is 20.8. The first-order valence-electron chi connectivity index (χ1n) is 12.1. The van der Waals surface area contributed by atoms with Crippen molar-refractivity contribution in [2.75, 3.05) is 38.2 Å². The largest absolute Gasteiger partial charge is 0.304 e. The number of hydrogen-bond acceptors (Lipinski definition) is 8. The van der Waals surface area contributed by atoms with Gasteiger partial charge < -0.3 is 4.90 Å². The van der Waals surface area contributed by atoms with Crippen molar-refractivity contribution < 1.29 is 18.4 Å². The van der Waals surface area contributed by atoms with Crippen LogP contribution in [0.2, 0.25) is 5.02 Å². The maximum Gasteiger partial charge on any atom is 0.293 e. The van der Waals surface area contributed by atoms with Gasteiger partial charge in [-0.3, -0.25) is 24.9 Å². The van der Waals surface area contributed by atoms with Gasteiger partial charge in [0.1, 0.15) is 11.1 Å². The van der Waals surface area contributed by atoms with E-state index in [1.807, 2.05) is 30.3 Å². The maximum atomic E-state index is 13.1. The molecule has 2 aliphatic rings. The number of likely N-dealkylation sites (N-methyl/N-ethyl adjacent to an activating group) is 1. The van der Waals surface area contributed by atoms with Gasteiger partial charge in [-0.15, -0.1) is 0 Å². The molecule has 9 nitrogen and oxygen atoms in total. The number of aldehydes is 1. The minimum absolute atomic E-state index is 0.0231. The summed E-state index contributed by atoms with van der Waals surface area (Å²) in [5, 5.41) is 11.2. The van der Waals surface area contributed by atoms with Crippen LogP contribution in [0.1, 0.15) is 47.4 Å². The molecule has 0 bridgehead atoms. The summed E-state index contributed by atoms with van der Waals surface area (Å²) in [6.45, 7) is 5.16. The van der Waals surface area contributed by atoms with Gasteiger partial charge in [0.15, 0.2) is 12.1 Å². The summed E-state index contributed by atoms with van der Waals surface area (Å²) in [7, 11) is 2.15. The predicted molar refractivity (Wildman–Crippen MR) is 135 cm³/mol. The first-order valence-corrected chi connectivity index (χ1v) is 12.4. The SMILES string of the molecule is CN1CCN(Cc2ccc(C(=O)NN(c3nc(C#N)ncc3Cl)C3CCCC3)cc2)CC1.O=CC(F)F. The number of carbonyl (C=O) groups excluding carboxylic acids is 2. The third kappa shape index (κ3) is 8.42. The average Bonchev–Trinajstić information content (AvgIpc) is 3.44. The van der Waals surface area contributed by atoms with E-state index in [4.69, 9.17) is 16.4 Å². The van der Waals surface area contributed by atoms with Gasteiger partial charge in [-0.2, -0.15) is 10.2 Å². The van der Waals surface area contributed by atoms with Gasteiger partial charge >= 0.3 is 0 Å². The number of alkyl halides is 2. The van der Waals surface area contributed by atoms with Crippen LogP contribution in [-0.2, 0) is 11.3 Å². The first-order chi connectivity index (χ1) is 17.8. The zero-order chi connectivity index (χ0) is 26.8. The molecule has 0 spiro atoms. The van der Waals surface area contributed by atoms with Crippen molar-refractivity contribution in [3.8, 4) is 6.07 Å². The number of nitrogens with one attached hydrogen (secondary N) is 1. The van der Waals surface area contributed by atoms with Crippen LogP contribution in [0.4, 0.5) is 14.6 Å². The standard InChI is InChI=1S/C23H28ClN7O.C2H2F2O/c1-29-10-12-30(13-11-29)16-17-6-8-18(9-7-17)23(32)28-31(19-4-2-3-5-19)22-20(24)15-26-21(14-25)27-22;3-2(4)1-5/h6-9,15,19H,2-5,10-13,16H2,1H3,(H,28,32);1-2H. The zero-order valence-corrected chi connectivity index (χ0v) is 21.4. The second-order valence-electron chi connectivity index (χ2n) is 8.97. The molecule has 37 heavy (non-hydrogen) atoms. The Bertz CT molecular complexity index is 1080. The number of piperazine rings is 1. The second-order valence-corrected chi connectivity index (χ2v) is 9.38. The van der Waals surface area contributed by atoms with E-state index in [9.17, 15) is 18.8 Å². The lowest BCUT2D eigenvalue weighted by molar-refractivity contribution is -0.116. The molecule has 1 N–H and O–H groups in total. The van der Waals surface area contributed by atoms with Crippen LogP contribution in [0.15, 0.2) is 30.5 Å². The smallest absolute Gasteiger partial charge is 0.293 e. The van der Waals surface area contributed by atoms with E-state index in [1.165, 1.54) is 11.8 Å². The van der Waals surface area contributed by atoms with E-state index in [0.29, 0.717) is 16.4 Å². The lowest BCUT2D eigenvalue weighted by Gasteiger charge is -2.32. The van der Waals surface area contributed by atoms with Gasteiger partial charge in [-0.05, 0) is 37.6 Å². The van der Waals surface area contributed by atoms with Crippen molar-refractivity contribution >= 4 is 29.6 Å². The molecule has 0 atom stereocenters. The molecule has 2 fully saturated rings. The third-order valence-electron chi connectivity index (χ3n) is 6.29. The van der Waals surface area contributed by atoms with E-state index in [2.05, 4.69) is 32.2 Å². The second kappa shape index (κ2) is 13.9. The summed E-state index contributed by atoms with van der Waals surface area (Å²) in [4.78, 5) is 34.8. The number of aromatic nitrogens is 2. The van der Waals surface area contributed by atoms with Gasteiger partial charge in [-0.25, -0.2) is 13.8 Å². The lowest BCUT2D eigenvalue weighted by Crippen LogP contribution is -2.48. The third-order valence-corrected chi connectivity index (χ3v) is 6.55. The molecule has 1 aliphatic heterocycles. The summed E-state index contributed by atoms with van der Waals surface area (Å²) >= 11 is 6.34. The zero-order valence-electron chi connectivity index (χ0n) is 20.6. The number of hydrogen-bond donors (Lipinski definition) is 1. The number of amides is 1. The molecule has 1 aliphatic carbocycles. The number of benzene rings is 1. The van der Waals surface area contributed by atoms with E-state index in [-0.39, 0.29) is 17.8 Å². The number of halogens is 3. The fourth-order valence-electron chi connectivity index (χ4n) is 4.26. The van der Waals surface area contributed by atoms with Crippen LogP contribution in [-0.4, -0.2) is 77.7 Å². The Kier molecular flexibility index (Phi) is 10.7. The Morgan fingerprint density at radius 2 is 1.86 bits per heavy atom. The van der Waals surface area contributed by atoms with E-state index < -0.39 is 12.7 Å². The van der Waals surface area contributed by atoms with Gasteiger partial charge in [0.2, 0.25) is 5.82 Å². The number of hydrazine groups is 1. The highest BCUT2D eigenvalue weighted by molar-refractivity contribution is 6.32. The topological polar surface area (TPSA) is 105 Å². The van der Waals surface area contributed by atoms with E-state index in [1.54, 1.807) is 5.01 Å². The minimum atomic E-state index is -2.80. The van der Waals surface area contributed by atoms with E-state index >= 15 is 0 Å². The lowest BCUT2D eigenvalue weighted by atomic mass is 10.1. The number of anilines is 1. The van der Waals surface area contributed by atoms with Crippen LogP contribution in [0.5, 0.6) is 0 Å². The van der Waals surface area contributed by atoms with Crippen molar-refractivity contribution in [1.82, 2.24) is 25.2 Å². The molecule has 1 saturated carbocycles. The van der Waals surface area contributed by atoms with E-state index in [0.717, 1.165) is 58.4 Å². The van der Waals surface area contributed by atoms with Crippen LogP contribution in [0, 0.1) is 11.3 Å². The summed E-state index contributed by atoms with van der Waals surface area (Å²) in [6, 6.07) is 9.76. The van der Waals surface area contributed by atoms with Gasteiger partial charge in [0.05, 0.1) is 12.2 Å². The van der Waals surface area contributed by atoms with Gasteiger partial charge in [-0.1, -0.05) is 36.6 Å². The monoisotopic (exact) mass is 533 g/mol. The van der Waals surface area contributed by atoms with Crippen LogP contribution >= 0.6 is 11.6 Å². The first kappa shape index (κ1) is 28.4. The van der Waals surface area contributed by atoms with Crippen LogP contribution in [0.3, 0.4) is 0 Å². The summed E-state index contributed by atoms with van der Waals surface area (Å²) in [6.07, 6.45) is 2.19. The number of rotatable bonds is 7. The fourth-order valence-corrected chi connectivity index (χ4v) is 4.44. The quantitative estimate of drug-likeness (QED) is 0.427. The maximum absolute atomic E-state index is 13.1. The molecule has 198 valence electrons. The molecule has 1 aromatic carbocycles. The molecular weight excluding hydrogens is 504 g/mol. The molecule has 12 heteroatoms. The Balaban J connectivity index is 0.000000695. The Morgan fingerprint density at radius 1 is 1.24 bits per heavy atom. The number of carbonyl (C=O) groups is 2. The Labute approximate surface area is 220 Å². The fraction of sp³-hybridized carbons (Fsp3) is 0.480. The Morgan fingerprint density at radius 3 is 2.43 bits per heavy atom. The van der Waals surface area contributed by atoms with Crippen molar-refractivity contribution in [2.45, 2.75) is 44.7 Å². The Hall–Kier alpha value is -3.20. The molecule has 4 rings (SSSR count). The minimum Gasteiger partial charge on any atom is -0.304 e. The van der Waals surface area contributed by atoms with Crippen molar-refractivity contribution in [1.29, 1.82) is 5.26 Å². The normalized spacial score (nSPS) is 16.5. The molecule has 1 amide bonds. The van der Waals surface area contributed by atoms with Gasteiger partial charge in [0, 0.05) is 38.3 Å².